The normalized spacial score (nSPS) is 17.8. The lowest BCUT2D eigenvalue weighted by Gasteiger charge is -2.34. The zero-order valence-electron chi connectivity index (χ0n) is 12.0. The highest BCUT2D eigenvalue weighted by Crippen LogP contribution is 2.46. The summed E-state index contributed by atoms with van der Waals surface area (Å²) in [4.78, 5) is 11.4. The Kier molecular flexibility index (Phi) is 3.06. The first-order chi connectivity index (χ1) is 9.90. The van der Waals surface area contributed by atoms with Crippen LogP contribution in [0.25, 0.3) is 11.0 Å². The molecule has 0 spiro atoms. The second-order valence-electron chi connectivity index (χ2n) is 5.48. The molecule has 1 aliphatic rings. The quantitative estimate of drug-likeness (QED) is 0.849. The molecule has 1 atom stereocenters. The van der Waals surface area contributed by atoms with E-state index in [2.05, 4.69) is 0 Å². The van der Waals surface area contributed by atoms with Gasteiger partial charge in [0.25, 0.3) is 0 Å². The van der Waals surface area contributed by atoms with Gasteiger partial charge in [0.15, 0.2) is 17.4 Å². The lowest BCUT2D eigenvalue weighted by molar-refractivity contribution is -0.0660. The number of methoxy groups -OCH3 is 1. The number of benzene rings is 1. The van der Waals surface area contributed by atoms with Crippen LogP contribution in [0.15, 0.2) is 27.4 Å². The number of hydrogen-bond acceptors (Lipinski definition) is 6. The second-order valence-corrected chi connectivity index (χ2v) is 5.48. The standard InChI is InChI=1S/C15H16O6/c1-15(2,17)10-7-19-14-12-8(4-5-11(16)21-12)6-9(18-3)13(14)20-10/h4-6,10,17H,7H2,1-3H3/t10-/m0/s1. The Balaban J connectivity index is 2.20. The number of hydrogen-bond donors (Lipinski definition) is 1. The lowest BCUT2D eigenvalue weighted by Crippen LogP contribution is -2.46. The number of rotatable bonds is 2. The minimum absolute atomic E-state index is 0.150. The number of ether oxygens (including phenoxy) is 3. The highest BCUT2D eigenvalue weighted by Gasteiger charge is 2.36. The van der Waals surface area contributed by atoms with Gasteiger partial charge in [-0.15, -0.1) is 0 Å². The van der Waals surface area contributed by atoms with Crippen LogP contribution in [0.2, 0.25) is 0 Å². The van der Waals surface area contributed by atoms with Crippen LogP contribution in [0.1, 0.15) is 13.8 Å². The predicted molar refractivity (Wildman–Crippen MR) is 75.2 cm³/mol. The molecule has 0 amide bonds. The van der Waals surface area contributed by atoms with E-state index >= 15 is 0 Å². The molecule has 0 fully saturated rings. The van der Waals surface area contributed by atoms with Crippen LogP contribution in [-0.2, 0) is 0 Å². The molecule has 2 aromatic rings. The van der Waals surface area contributed by atoms with Crippen LogP contribution in [0.3, 0.4) is 0 Å². The first-order valence-electron chi connectivity index (χ1n) is 6.57. The molecular formula is C15H16O6. The summed E-state index contributed by atoms with van der Waals surface area (Å²) in [6.45, 7) is 3.43. The van der Waals surface area contributed by atoms with Crippen molar-refractivity contribution >= 4 is 11.0 Å². The summed E-state index contributed by atoms with van der Waals surface area (Å²) >= 11 is 0. The van der Waals surface area contributed by atoms with Crippen LogP contribution >= 0.6 is 0 Å². The summed E-state index contributed by atoms with van der Waals surface area (Å²) in [5, 5.41) is 10.7. The van der Waals surface area contributed by atoms with Gasteiger partial charge < -0.3 is 23.7 Å². The third-order valence-corrected chi connectivity index (χ3v) is 3.43. The van der Waals surface area contributed by atoms with Gasteiger partial charge >= 0.3 is 5.63 Å². The smallest absolute Gasteiger partial charge is 0.336 e. The van der Waals surface area contributed by atoms with Gasteiger partial charge in [-0.3, -0.25) is 0 Å². The molecule has 2 heterocycles. The highest BCUT2D eigenvalue weighted by atomic mass is 16.6. The second kappa shape index (κ2) is 4.66. The average Bonchev–Trinajstić information content (AvgIpc) is 2.45. The molecule has 0 bridgehead atoms. The first-order valence-corrected chi connectivity index (χ1v) is 6.57. The summed E-state index contributed by atoms with van der Waals surface area (Å²) in [6, 6.07) is 4.67. The molecule has 0 radical (unpaired) electrons. The molecule has 0 saturated carbocycles. The van der Waals surface area contributed by atoms with Gasteiger partial charge in [-0.1, -0.05) is 0 Å². The fraction of sp³-hybridized carbons (Fsp3) is 0.400. The molecule has 1 N–H and O–H groups in total. The van der Waals surface area contributed by atoms with Gasteiger partial charge in [-0.2, -0.15) is 0 Å². The molecule has 3 rings (SSSR count). The third kappa shape index (κ3) is 2.31. The van der Waals surface area contributed by atoms with Crippen molar-refractivity contribution in [2.75, 3.05) is 13.7 Å². The van der Waals surface area contributed by atoms with Crippen LogP contribution < -0.4 is 19.8 Å². The van der Waals surface area contributed by atoms with Crippen molar-refractivity contribution in [1.29, 1.82) is 0 Å². The number of fused-ring (bicyclic) bond motifs is 3. The van der Waals surface area contributed by atoms with E-state index in [1.54, 1.807) is 26.0 Å². The van der Waals surface area contributed by atoms with Gasteiger partial charge in [0.1, 0.15) is 6.61 Å². The first kappa shape index (κ1) is 13.8. The molecule has 1 aliphatic heterocycles. The topological polar surface area (TPSA) is 78.1 Å². The Hall–Kier alpha value is -2.21. The summed E-state index contributed by atoms with van der Waals surface area (Å²) in [5.74, 6) is 1.11. The maximum Gasteiger partial charge on any atom is 0.336 e. The average molecular weight is 292 g/mol. The van der Waals surface area contributed by atoms with Crippen LogP contribution in [0.5, 0.6) is 17.2 Å². The Labute approximate surface area is 120 Å². The Morgan fingerprint density at radius 1 is 1.33 bits per heavy atom. The summed E-state index contributed by atoms with van der Waals surface area (Å²) < 4.78 is 22.0. The van der Waals surface area contributed by atoms with Gasteiger partial charge in [-0.25, -0.2) is 4.79 Å². The van der Waals surface area contributed by atoms with Crippen molar-refractivity contribution in [2.24, 2.45) is 0 Å². The van der Waals surface area contributed by atoms with Crippen LogP contribution in [0, 0.1) is 0 Å². The van der Waals surface area contributed by atoms with Gasteiger partial charge in [-0.05, 0) is 26.0 Å². The number of aliphatic hydroxyl groups is 1. The molecule has 0 aliphatic carbocycles. The van der Waals surface area contributed by atoms with E-state index in [1.807, 2.05) is 0 Å². The van der Waals surface area contributed by atoms with Crippen molar-refractivity contribution in [2.45, 2.75) is 25.6 Å². The van der Waals surface area contributed by atoms with E-state index in [9.17, 15) is 9.90 Å². The Bertz CT molecular complexity index is 740. The fourth-order valence-electron chi connectivity index (χ4n) is 2.22. The van der Waals surface area contributed by atoms with E-state index in [1.165, 1.54) is 13.2 Å². The molecule has 1 aromatic heterocycles. The van der Waals surface area contributed by atoms with Gasteiger partial charge in [0.05, 0.1) is 12.7 Å². The fourth-order valence-corrected chi connectivity index (χ4v) is 2.22. The summed E-state index contributed by atoms with van der Waals surface area (Å²) in [7, 11) is 1.51. The maximum atomic E-state index is 11.4. The van der Waals surface area contributed by atoms with Gasteiger partial charge in [0, 0.05) is 11.5 Å². The zero-order valence-corrected chi connectivity index (χ0v) is 12.0. The van der Waals surface area contributed by atoms with Crippen molar-refractivity contribution in [3.63, 3.8) is 0 Å². The molecule has 0 saturated heterocycles. The SMILES string of the molecule is COc1cc2ccc(=O)oc2c2c1O[C@H](C(C)(C)O)CO2. The minimum atomic E-state index is -1.07. The van der Waals surface area contributed by atoms with E-state index in [-0.39, 0.29) is 6.61 Å². The third-order valence-electron chi connectivity index (χ3n) is 3.43. The molecule has 0 unspecified atom stereocenters. The zero-order chi connectivity index (χ0) is 15.2. The predicted octanol–water partition coefficient (Wildman–Crippen LogP) is 1.71. The van der Waals surface area contributed by atoms with Crippen molar-refractivity contribution in [1.82, 2.24) is 0 Å². The van der Waals surface area contributed by atoms with Crippen LogP contribution in [-0.4, -0.2) is 30.5 Å². The Morgan fingerprint density at radius 3 is 2.76 bits per heavy atom. The molecule has 6 nitrogen and oxygen atoms in total. The van der Waals surface area contributed by atoms with Crippen LogP contribution in [0.4, 0.5) is 0 Å². The molecule has 112 valence electrons. The Morgan fingerprint density at radius 2 is 2.10 bits per heavy atom. The van der Waals surface area contributed by atoms with E-state index in [0.717, 1.165) is 0 Å². The van der Waals surface area contributed by atoms with Crippen molar-refractivity contribution in [3.8, 4) is 17.2 Å². The summed E-state index contributed by atoms with van der Waals surface area (Å²) in [5.41, 5.74) is -1.23. The van der Waals surface area contributed by atoms with E-state index in [0.29, 0.717) is 28.2 Å². The molecular weight excluding hydrogens is 276 g/mol. The summed E-state index contributed by atoms with van der Waals surface area (Å²) in [6.07, 6.45) is -0.549. The van der Waals surface area contributed by atoms with Crippen molar-refractivity contribution in [3.05, 3.63) is 28.6 Å². The minimum Gasteiger partial charge on any atom is -0.493 e. The van der Waals surface area contributed by atoms with E-state index < -0.39 is 17.3 Å². The van der Waals surface area contributed by atoms with Gasteiger partial charge in [0.2, 0.25) is 11.5 Å². The van der Waals surface area contributed by atoms with Crippen molar-refractivity contribution < 1.29 is 23.7 Å². The molecule has 6 heteroatoms. The molecule has 1 aromatic carbocycles. The van der Waals surface area contributed by atoms with E-state index in [4.69, 9.17) is 18.6 Å². The molecule has 21 heavy (non-hydrogen) atoms. The lowest BCUT2D eigenvalue weighted by atomic mass is 10.0. The maximum absolute atomic E-state index is 11.4. The monoisotopic (exact) mass is 292 g/mol. The highest BCUT2D eigenvalue weighted by molar-refractivity contribution is 5.88. The largest absolute Gasteiger partial charge is 0.493 e.